The molecule has 0 radical (unpaired) electrons. The zero-order valence-electron chi connectivity index (χ0n) is 17.7. The number of carboxylic acid groups (broad SMARTS) is 1. The number of carbonyl (C=O) groups excluding carboxylic acids is 1. The average Bonchev–Trinajstić information content (AvgIpc) is 2.63. The molecule has 0 saturated heterocycles. The van der Waals surface area contributed by atoms with Crippen molar-refractivity contribution in [3.63, 3.8) is 0 Å². The number of hydrogen-bond donors (Lipinski definition) is 2. The molecule has 2 atom stereocenters. The van der Waals surface area contributed by atoms with Gasteiger partial charge in [0.1, 0.15) is 11.5 Å². The number of ether oxygens (including phenoxy) is 1. The van der Waals surface area contributed by atoms with Crippen LogP contribution in [0.3, 0.4) is 0 Å². The molecule has 30 heavy (non-hydrogen) atoms. The van der Waals surface area contributed by atoms with E-state index in [1.807, 2.05) is 0 Å². The first-order valence-electron chi connectivity index (χ1n) is 9.55. The number of aliphatic carboxylic acids is 1. The number of esters is 1. The maximum Gasteiger partial charge on any atom is 0.340 e. The van der Waals surface area contributed by atoms with Gasteiger partial charge in [0.2, 0.25) is 14.7 Å². The molecule has 0 aliphatic carbocycles. The third kappa shape index (κ3) is 4.46. The van der Waals surface area contributed by atoms with Crippen molar-refractivity contribution in [1.82, 2.24) is 4.98 Å². The fourth-order valence-electron chi connectivity index (χ4n) is 3.22. The molecule has 0 aliphatic heterocycles. The Hall–Kier alpha value is -2.52. The van der Waals surface area contributed by atoms with E-state index in [1.54, 1.807) is 52.8 Å². The lowest BCUT2D eigenvalue weighted by molar-refractivity contribution is -0.165. The molecule has 0 aliphatic rings. The molecule has 2 aromatic rings. The third-order valence-corrected chi connectivity index (χ3v) is 6.84. The second-order valence-electron chi connectivity index (χ2n) is 8.65. The number of benzene rings is 1. The van der Waals surface area contributed by atoms with Gasteiger partial charge in [-0.1, -0.05) is 32.0 Å². The molecule has 0 saturated carbocycles. The van der Waals surface area contributed by atoms with Gasteiger partial charge in [0.25, 0.3) is 0 Å². The van der Waals surface area contributed by atoms with Crippen molar-refractivity contribution in [1.29, 1.82) is 0 Å². The van der Waals surface area contributed by atoms with Gasteiger partial charge in [0.05, 0.1) is 10.4 Å². The number of nitrogens with zero attached hydrogens (tertiary/aromatic N) is 1. The minimum Gasteiger partial charge on any atom is -0.479 e. The highest BCUT2D eigenvalue weighted by atomic mass is 32.2. The summed E-state index contributed by atoms with van der Waals surface area (Å²) in [5.41, 5.74) is 5.28. The molecule has 0 amide bonds. The van der Waals surface area contributed by atoms with E-state index in [2.05, 4.69) is 4.98 Å². The molecule has 164 valence electrons. The zero-order chi connectivity index (χ0) is 22.9. The number of rotatable bonds is 7. The van der Waals surface area contributed by atoms with Crippen LogP contribution < -0.4 is 5.73 Å². The SMILES string of the molecule is CC(C)C[C@@H](C(=O)OC(C)(C)C)C(N)(C(=O)O)S(=O)(=O)c1cccc2cccnc12. The summed E-state index contributed by atoms with van der Waals surface area (Å²) in [4.78, 5) is 26.1. The summed E-state index contributed by atoms with van der Waals surface area (Å²) in [5, 5.41) is 10.5. The first-order chi connectivity index (χ1) is 13.7. The van der Waals surface area contributed by atoms with Gasteiger partial charge in [0, 0.05) is 11.6 Å². The molecule has 1 heterocycles. The highest BCUT2D eigenvalue weighted by molar-refractivity contribution is 7.93. The Bertz CT molecular complexity index is 1050. The van der Waals surface area contributed by atoms with Gasteiger partial charge in [0.15, 0.2) is 0 Å². The predicted molar refractivity (Wildman–Crippen MR) is 112 cm³/mol. The van der Waals surface area contributed by atoms with E-state index >= 15 is 0 Å². The second-order valence-corrected chi connectivity index (χ2v) is 10.8. The molecular weight excluding hydrogens is 408 g/mol. The molecule has 0 bridgehead atoms. The summed E-state index contributed by atoms with van der Waals surface area (Å²) in [5.74, 6) is -4.64. The molecule has 9 heteroatoms. The van der Waals surface area contributed by atoms with Gasteiger partial charge in [-0.05, 0) is 45.2 Å². The molecule has 1 aromatic heterocycles. The number of para-hydroxylation sites is 1. The smallest absolute Gasteiger partial charge is 0.340 e. The Kier molecular flexibility index (Phi) is 6.58. The van der Waals surface area contributed by atoms with Crippen molar-refractivity contribution in [2.45, 2.75) is 56.4 Å². The summed E-state index contributed by atoms with van der Waals surface area (Å²) in [7, 11) is -4.76. The van der Waals surface area contributed by atoms with E-state index in [0.717, 1.165) is 0 Å². The quantitative estimate of drug-likeness (QED) is 0.632. The van der Waals surface area contributed by atoms with E-state index < -0.39 is 38.2 Å². The monoisotopic (exact) mass is 436 g/mol. The van der Waals surface area contributed by atoms with Gasteiger partial charge in [-0.15, -0.1) is 0 Å². The first kappa shape index (κ1) is 23.8. The summed E-state index contributed by atoms with van der Waals surface area (Å²) in [6, 6.07) is 7.66. The fraction of sp³-hybridized carbons (Fsp3) is 0.476. The molecule has 1 unspecified atom stereocenters. The van der Waals surface area contributed by atoms with Crippen LogP contribution in [0.15, 0.2) is 41.4 Å². The number of carboxylic acids is 1. The Morgan fingerprint density at radius 1 is 1.17 bits per heavy atom. The molecule has 8 nitrogen and oxygen atoms in total. The number of sulfone groups is 1. The predicted octanol–water partition coefficient (Wildman–Crippen LogP) is 2.75. The number of carbonyl (C=O) groups is 2. The maximum absolute atomic E-state index is 13.6. The van der Waals surface area contributed by atoms with Gasteiger partial charge >= 0.3 is 11.9 Å². The minimum absolute atomic E-state index is 0.0866. The van der Waals surface area contributed by atoms with Crippen LogP contribution in [0, 0.1) is 11.8 Å². The molecule has 0 spiro atoms. The number of hydrogen-bond acceptors (Lipinski definition) is 7. The highest BCUT2D eigenvalue weighted by Gasteiger charge is 2.58. The Labute approximate surface area is 176 Å². The minimum atomic E-state index is -4.76. The van der Waals surface area contributed by atoms with Crippen LogP contribution in [-0.4, -0.2) is 40.9 Å². The normalized spacial score (nSPS) is 15.6. The van der Waals surface area contributed by atoms with Crippen LogP contribution >= 0.6 is 0 Å². The van der Waals surface area contributed by atoms with Crippen LogP contribution in [0.5, 0.6) is 0 Å². The van der Waals surface area contributed by atoms with Crippen molar-refractivity contribution in [3.8, 4) is 0 Å². The van der Waals surface area contributed by atoms with E-state index in [9.17, 15) is 23.1 Å². The molecular formula is C21H28N2O6S. The van der Waals surface area contributed by atoms with E-state index in [4.69, 9.17) is 10.5 Å². The van der Waals surface area contributed by atoms with Crippen LogP contribution in [0.25, 0.3) is 10.9 Å². The average molecular weight is 437 g/mol. The van der Waals surface area contributed by atoms with E-state index in [1.165, 1.54) is 18.3 Å². The maximum atomic E-state index is 13.6. The van der Waals surface area contributed by atoms with Gasteiger partial charge in [-0.2, -0.15) is 0 Å². The lowest BCUT2D eigenvalue weighted by atomic mass is 9.90. The van der Waals surface area contributed by atoms with E-state index in [-0.39, 0.29) is 22.8 Å². The molecule has 0 fully saturated rings. The third-order valence-electron chi connectivity index (χ3n) is 4.58. The lowest BCUT2D eigenvalue weighted by Gasteiger charge is -2.34. The van der Waals surface area contributed by atoms with Gasteiger partial charge in [-0.3, -0.25) is 9.78 Å². The number of nitrogens with two attached hydrogens (primary N) is 1. The topological polar surface area (TPSA) is 137 Å². The van der Waals surface area contributed by atoms with Crippen LogP contribution in [0.1, 0.15) is 41.0 Å². The van der Waals surface area contributed by atoms with E-state index in [0.29, 0.717) is 5.39 Å². The van der Waals surface area contributed by atoms with Crippen molar-refractivity contribution in [2.24, 2.45) is 17.6 Å². The highest BCUT2D eigenvalue weighted by Crippen LogP contribution is 2.36. The summed E-state index contributed by atoms with van der Waals surface area (Å²) < 4.78 is 32.7. The van der Waals surface area contributed by atoms with Crippen LogP contribution in [0.2, 0.25) is 0 Å². The largest absolute Gasteiger partial charge is 0.479 e. The number of aromatic nitrogens is 1. The molecule has 3 N–H and O–H groups in total. The number of fused-ring (bicyclic) bond motifs is 1. The zero-order valence-corrected chi connectivity index (χ0v) is 18.6. The van der Waals surface area contributed by atoms with Crippen molar-refractivity contribution in [3.05, 3.63) is 36.5 Å². The Morgan fingerprint density at radius 2 is 1.77 bits per heavy atom. The van der Waals surface area contributed by atoms with Crippen molar-refractivity contribution >= 4 is 32.7 Å². The molecule has 1 aromatic carbocycles. The summed E-state index contributed by atoms with van der Waals surface area (Å²) in [6.07, 6.45) is 1.31. The van der Waals surface area contributed by atoms with Gasteiger partial charge < -0.3 is 15.6 Å². The van der Waals surface area contributed by atoms with Gasteiger partial charge in [-0.25, -0.2) is 13.2 Å². The lowest BCUT2D eigenvalue weighted by Crippen LogP contribution is -2.62. The number of pyridine rings is 1. The second kappa shape index (κ2) is 8.31. The fourth-order valence-corrected chi connectivity index (χ4v) is 5.06. The first-order valence-corrected chi connectivity index (χ1v) is 11.0. The standard InChI is InChI=1S/C21H28N2O6S/c1-13(2)12-15(18(24)29-20(3,4)5)21(22,19(25)26)30(27,28)16-10-6-8-14-9-7-11-23-17(14)16/h6-11,13,15H,12,22H2,1-5H3,(H,25,26)/t15-,21?/m0/s1. The molecule has 2 rings (SSSR count). The summed E-state index contributed by atoms with van der Waals surface area (Å²) >= 11 is 0. The Morgan fingerprint density at radius 3 is 2.30 bits per heavy atom. The Balaban J connectivity index is 2.76. The van der Waals surface area contributed by atoms with Crippen LogP contribution in [0.4, 0.5) is 0 Å². The van der Waals surface area contributed by atoms with Crippen molar-refractivity contribution in [2.75, 3.05) is 0 Å². The summed E-state index contributed by atoms with van der Waals surface area (Å²) in [6.45, 7) is 8.32. The van der Waals surface area contributed by atoms with Crippen LogP contribution in [-0.2, 0) is 24.2 Å². The van der Waals surface area contributed by atoms with Crippen molar-refractivity contribution < 1.29 is 27.9 Å².